The summed E-state index contributed by atoms with van der Waals surface area (Å²) >= 11 is 0. The molecule has 4 heteroatoms. The van der Waals surface area contributed by atoms with Crippen molar-refractivity contribution in [1.29, 1.82) is 5.26 Å². The SMILES string of the molecule is CC(C#N)C(=O)N[C@@H](C)CO. The second-order valence-electron chi connectivity index (χ2n) is 2.44. The lowest BCUT2D eigenvalue weighted by atomic mass is 10.2. The van der Waals surface area contributed by atoms with Crippen LogP contribution < -0.4 is 5.32 Å². The van der Waals surface area contributed by atoms with Crippen LogP contribution in [-0.2, 0) is 4.79 Å². The van der Waals surface area contributed by atoms with Crippen LogP contribution in [0.25, 0.3) is 0 Å². The quantitative estimate of drug-likeness (QED) is 0.586. The average molecular weight is 156 g/mol. The molecule has 0 aliphatic heterocycles. The molecule has 0 radical (unpaired) electrons. The van der Waals surface area contributed by atoms with E-state index in [0.29, 0.717) is 0 Å². The monoisotopic (exact) mass is 156 g/mol. The summed E-state index contributed by atoms with van der Waals surface area (Å²) < 4.78 is 0. The van der Waals surface area contributed by atoms with E-state index < -0.39 is 5.92 Å². The molecule has 0 saturated carbocycles. The minimum atomic E-state index is -0.649. The third-order valence-electron chi connectivity index (χ3n) is 1.25. The third-order valence-corrected chi connectivity index (χ3v) is 1.25. The van der Waals surface area contributed by atoms with Gasteiger partial charge in [0, 0.05) is 6.04 Å². The number of amides is 1. The summed E-state index contributed by atoms with van der Waals surface area (Å²) in [6.45, 7) is 3.07. The molecule has 0 aliphatic carbocycles. The standard InChI is InChI=1S/C7H12N2O2/c1-5(3-8)7(11)9-6(2)4-10/h5-6,10H,4H2,1-2H3,(H,9,11)/t5?,6-/m0/s1. The summed E-state index contributed by atoms with van der Waals surface area (Å²) in [7, 11) is 0. The number of nitrogens with one attached hydrogen (secondary N) is 1. The van der Waals surface area contributed by atoms with Crippen LogP contribution in [0.2, 0.25) is 0 Å². The fourth-order valence-corrected chi connectivity index (χ4v) is 0.472. The highest BCUT2D eigenvalue weighted by Crippen LogP contribution is 1.92. The van der Waals surface area contributed by atoms with Gasteiger partial charge in [-0.05, 0) is 13.8 Å². The topological polar surface area (TPSA) is 73.1 Å². The predicted molar refractivity (Wildman–Crippen MR) is 39.5 cm³/mol. The number of nitriles is 1. The van der Waals surface area contributed by atoms with Gasteiger partial charge in [0.05, 0.1) is 12.7 Å². The molecule has 0 fully saturated rings. The van der Waals surface area contributed by atoms with E-state index in [1.54, 1.807) is 13.0 Å². The van der Waals surface area contributed by atoms with Gasteiger partial charge < -0.3 is 10.4 Å². The summed E-state index contributed by atoms with van der Waals surface area (Å²) in [4.78, 5) is 10.9. The van der Waals surface area contributed by atoms with Crippen molar-refractivity contribution >= 4 is 5.91 Å². The molecule has 1 unspecified atom stereocenters. The van der Waals surface area contributed by atoms with Gasteiger partial charge in [0.1, 0.15) is 5.92 Å². The van der Waals surface area contributed by atoms with E-state index in [0.717, 1.165) is 0 Å². The van der Waals surface area contributed by atoms with Gasteiger partial charge in [-0.25, -0.2) is 0 Å². The summed E-state index contributed by atoms with van der Waals surface area (Å²) in [5, 5.41) is 19.3. The van der Waals surface area contributed by atoms with Crippen molar-refractivity contribution in [1.82, 2.24) is 5.32 Å². The Kier molecular flexibility index (Phi) is 4.23. The smallest absolute Gasteiger partial charge is 0.237 e. The number of nitrogens with zero attached hydrogens (tertiary/aromatic N) is 1. The zero-order chi connectivity index (χ0) is 8.85. The molecule has 2 atom stereocenters. The lowest BCUT2D eigenvalue weighted by molar-refractivity contribution is -0.123. The first kappa shape index (κ1) is 9.92. The van der Waals surface area contributed by atoms with Crippen molar-refractivity contribution in [3.8, 4) is 6.07 Å². The minimum absolute atomic E-state index is 0.107. The van der Waals surface area contributed by atoms with E-state index in [-0.39, 0.29) is 18.6 Å². The lowest BCUT2D eigenvalue weighted by Crippen LogP contribution is -2.37. The highest BCUT2D eigenvalue weighted by atomic mass is 16.3. The molecule has 62 valence electrons. The highest BCUT2D eigenvalue weighted by Gasteiger charge is 2.12. The molecule has 0 spiro atoms. The Bertz CT molecular complexity index is 174. The first-order valence-corrected chi connectivity index (χ1v) is 3.42. The van der Waals surface area contributed by atoms with Gasteiger partial charge in [-0.3, -0.25) is 4.79 Å². The second kappa shape index (κ2) is 4.69. The first-order valence-electron chi connectivity index (χ1n) is 3.42. The molecular formula is C7H12N2O2. The molecular weight excluding hydrogens is 144 g/mol. The van der Waals surface area contributed by atoms with Crippen molar-refractivity contribution < 1.29 is 9.90 Å². The molecule has 0 aliphatic rings. The fourth-order valence-electron chi connectivity index (χ4n) is 0.472. The molecule has 0 aromatic carbocycles. The zero-order valence-corrected chi connectivity index (χ0v) is 6.66. The van der Waals surface area contributed by atoms with E-state index in [2.05, 4.69) is 5.32 Å². The van der Waals surface area contributed by atoms with Crippen LogP contribution in [0.5, 0.6) is 0 Å². The molecule has 2 N–H and O–H groups in total. The van der Waals surface area contributed by atoms with Crippen LogP contribution in [-0.4, -0.2) is 23.7 Å². The van der Waals surface area contributed by atoms with Crippen molar-refractivity contribution in [2.75, 3.05) is 6.61 Å². The average Bonchev–Trinajstić information content (AvgIpc) is 2.02. The van der Waals surface area contributed by atoms with Crippen LogP contribution >= 0.6 is 0 Å². The van der Waals surface area contributed by atoms with Crippen molar-refractivity contribution in [2.45, 2.75) is 19.9 Å². The number of aliphatic hydroxyl groups is 1. The van der Waals surface area contributed by atoms with Gasteiger partial charge in [0.15, 0.2) is 0 Å². The summed E-state index contributed by atoms with van der Waals surface area (Å²) in [5.41, 5.74) is 0. The van der Waals surface area contributed by atoms with Gasteiger partial charge in [0.25, 0.3) is 0 Å². The van der Waals surface area contributed by atoms with Gasteiger partial charge in [-0.2, -0.15) is 5.26 Å². The molecule has 1 amide bonds. The maximum atomic E-state index is 10.9. The van der Waals surface area contributed by atoms with Gasteiger partial charge in [-0.1, -0.05) is 0 Å². The Hall–Kier alpha value is -1.08. The van der Waals surface area contributed by atoms with Gasteiger partial charge in [0.2, 0.25) is 5.91 Å². The van der Waals surface area contributed by atoms with E-state index >= 15 is 0 Å². The number of carbonyl (C=O) groups excluding carboxylic acids is 1. The number of rotatable bonds is 3. The maximum absolute atomic E-state index is 10.9. The number of hydrogen-bond acceptors (Lipinski definition) is 3. The third kappa shape index (κ3) is 3.58. The highest BCUT2D eigenvalue weighted by molar-refractivity contribution is 5.80. The lowest BCUT2D eigenvalue weighted by Gasteiger charge is -2.10. The minimum Gasteiger partial charge on any atom is -0.394 e. The van der Waals surface area contributed by atoms with Crippen molar-refractivity contribution in [3.63, 3.8) is 0 Å². The van der Waals surface area contributed by atoms with Crippen molar-refractivity contribution in [3.05, 3.63) is 0 Å². The Balaban J connectivity index is 3.80. The number of carbonyl (C=O) groups is 1. The summed E-state index contributed by atoms with van der Waals surface area (Å²) in [6, 6.07) is 1.52. The Morgan fingerprint density at radius 1 is 1.73 bits per heavy atom. The van der Waals surface area contributed by atoms with Gasteiger partial charge in [-0.15, -0.1) is 0 Å². The van der Waals surface area contributed by atoms with E-state index in [1.165, 1.54) is 6.92 Å². The van der Waals surface area contributed by atoms with E-state index in [1.807, 2.05) is 0 Å². The molecule has 0 rings (SSSR count). The van der Waals surface area contributed by atoms with E-state index in [9.17, 15) is 4.79 Å². The van der Waals surface area contributed by atoms with Crippen molar-refractivity contribution in [2.24, 2.45) is 5.92 Å². The first-order chi connectivity index (χ1) is 5.11. The largest absolute Gasteiger partial charge is 0.394 e. The summed E-state index contributed by atoms with van der Waals surface area (Å²) in [5.74, 6) is -0.988. The normalized spacial score (nSPS) is 14.7. The molecule has 0 saturated heterocycles. The Morgan fingerprint density at radius 3 is 2.64 bits per heavy atom. The van der Waals surface area contributed by atoms with Crippen LogP contribution in [0.1, 0.15) is 13.8 Å². The maximum Gasteiger partial charge on any atom is 0.237 e. The van der Waals surface area contributed by atoms with E-state index in [4.69, 9.17) is 10.4 Å². The van der Waals surface area contributed by atoms with Crippen LogP contribution in [0.4, 0.5) is 0 Å². The molecule has 0 aromatic rings. The molecule has 11 heavy (non-hydrogen) atoms. The molecule has 0 aromatic heterocycles. The molecule has 0 heterocycles. The fraction of sp³-hybridized carbons (Fsp3) is 0.714. The van der Waals surface area contributed by atoms with Crippen LogP contribution in [0.3, 0.4) is 0 Å². The Morgan fingerprint density at radius 2 is 2.27 bits per heavy atom. The predicted octanol–water partition coefficient (Wildman–Crippen LogP) is -0.357. The number of hydrogen-bond donors (Lipinski definition) is 2. The zero-order valence-electron chi connectivity index (χ0n) is 6.66. The number of aliphatic hydroxyl groups excluding tert-OH is 1. The molecule has 0 bridgehead atoms. The van der Waals surface area contributed by atoms with Crippen LogP contribution in [0, 0.1) is 17.2 Å². The van der Waals surface area contributed by atoms with Gasteiger partial charge >= 0.3 is 0 Å². The molecule has 4 nitrogen and oxygen atoms in total. The summed E-state index contributed by atoms with van der Waals surface area (Å²) in [6.07, 6.45) is 0. The Labute approximate surface area is 65.8 Å². The van der Waals surface area contributed by atoms with Crippen LogP contribution in [0.15, 0.2) is 0 Å². The second-order valence-corrected chi connectivity index (χ2v) is 2.44.